The van der Waals surface area contributed by atoms with Gasteiger partial charge in [0.1, 0.15) is 0 Å². The van der Waals surface area contributed by atoms with Crippen molar-refractivity contribution in [2.45, 2.75) is 25.9 Å². The summed E-state index contributed by atoms with van der Waals surface area (Å²) in [6.45, 7) is 3.98. The van der Waals surface area contributed by atoms with Gasteiger partial charge < -0.3 is 5.32 Å². The van der Waals surface area contributed by atoms with Crippen molar-refractivity contribution in [2.24, 2.45) is 0 Å². The van der Waals surface area contributed by atoms with E-state index in [2.05, 4.69) is 24.4 Å². The second kappa shape index (κ2) is 6.30. The Labute approximate surface area is 114 Å². The number of hydrogen-bond donors (Lipinski definition) is 1. The van der Waals surface area contributed by atoms with Gasteiger partial charge in [0.15, 0.2) is 5.78 Å². The van der Waals surface area contributed by atoms with Gasteiger partial charge in [-0.2, -0.15) is 0 Å². The van der Waals surface area contributed by atoms with E-state index >= 15 is 0 Å². The first-order chi connectivity index (χ1) is 9.18. The van der Waals surface area contributed by atoms with E-state index in [9.17, 15) is 4.79 Å². The van der Waals surface area contributed by atoms with E-state index in [1.165, 1.54) is 5.56 Å². The molecule has 0 amide bonds. The summed E-state index contributed by atoms with van der Waals surface area (Å²) in [5.74, 6) is 0.128. The molecular weight excluding hydrogens is 234 g/mol. The second-order valence-corrected chi connectivity index (χ2v) is 4.75. The molecule has 0 saturated heterocycles. The maximum absolute atomic E-state index is 12.2. The minimum atomic E-state index is -0.197. The highest BCUT2D eigenvalue weighted by Gasteiger charge is 2.17. The smallest absolute Gasteiger partial charge is 0.179 e. The number of benzene rings is 2. The maximum Gasteiger partial charge on any atom is 0.179 e. The van der Waals surface area contributed by atoms with Crippen LogP contribution in [0.2, 0.25) is 0 Å². The largest absolute Gasteiger partial charge is 0.301 e. The molecule has 19 heavy (non-hydrogen) atoms. The average molecular weight is 253 g/mol. The van der Waals surface area contributed by atoms with Gasteiger partial charge in [0.2, 0.25) is 0 Å². The molecule has 0 aromatic heterocycles. The molecule has 98 valence electrons. The normalized spacial score (nSPS) is 13.8. The Morgan fingerprint density at radius 1 is 0.895 bits per heavy atom. The Balaban J connectivity index is 2.02. The third-order valence-corrected chi connectivity index (χ3v) is 3.25. The minimum absolute atomic E-state index is 0.128. The first-order valence-corrected chi connectivity index (χ1v) is 6.58. The van der Waals surface area contributed by atoms with Gasteiger partial charge in [0, 0.05) is 11.6 Å². The van der Waals surface area contributed by atoms with Crippen molar-refractivity contribution in [3.05, 3.63) is 71.8 Å². The lowest BCUT2D eigenvalue weighted by atomic mass is 10.0. The molecule has 2 heteroatoms. The van der Waals surface area contributed by atoms with E-state index in [0.29, 0.717) is 0 Å². The molecule has 0 aliphatic rings. The topological polar surface area (TPSA) is 29.1 Å². The van der Waals surface area contributed by atoms with Crippen molar-refractivity contribution in [3.63, 3.8) is 0 Å². The Morgan fingerprint density at radius 2 is 1.42 bits per heavy atom. The lowest BCUT2D eigenvalue weighted by molar-refractivity contribution is 0.0945. The van der Waals surface area contributed by atoms with Crippen LogP contribution < -0.4 is 5.32 Å². The molecule has 0 aliphatic heterocycles. The summed E-state index contributed by atoms with van der Waals surface area (Å²) in [4.78, 5) is 12.2. The van der Waals surface area contributed by atoms with Crippen LogP contribution in [0.3, 0.4) is 0 Å². The van der Waals surface area contributed by atoms with Crippen LogP contribution in [0.25, 0.3) is 0 Å². The Kier molecular flexibility index (Phi) is 4.48. The van der Waals surface area contributed by atoms with Crippen LogP contribution in [0, 0.1) is 0 Å². The van der Waals surface area contributed by atoms with E-state index in [1.807, 2.05) is 55.5 Å². The van der Waals surface area contributed by atoms with E-state index in [-0.39, 0.29) is 17.9 Å². The van der Waals surface area contributed by atoms with Crippen LogP contribution in [-0.2, 0) is 0 Å². The highest BCUT2D eigenvalue weighted by Crippen LogP contribution is 2.13. The predicted octanol–water partition coefficient (Wildman–Crippen LogP) is 3.61. The molecule has 2 nitrogen and oxygen atoms in total. The average Bonchev–Trinajstić information content (AvgIpc) is 2.48. The molecule has 2 aromatic carbocycles. The predicted molar refractivity (Wildman–Crippen MR) is 78.2 cm³/mol. The number of carbonyl (C=O) groups excluding carboxylic acids is 1. The van der Waals surface area contributed by atoms with Crippen molar-refractivity contribution in [1.29, 1.82) is 0 Å². The van der Waals surface area contributed by atoms with Gasteiger partial charge in [-0.05, 0) is 19.4 Å². The first-order valence-electron chi connectivity index (χ1n) is 6.58. The van der Waals surface area contributed by atoms with Crippen LogP contribution in [0.5, 0.6) is 0 Å². The molecule has 2 atom stereocenters. The molecule has 0 aliphatic carbocycles. The molecule has 0 saturated carbocycles. The maximum atomic E-state index is 12.2. The van der Waals surface area contributed by atoms with Crippen LogP contribution >= 0.6 is 0 Å². The fourth-order valence-electron chi connectivity index (χ4n) is 2.14. The number of rotatable bonds is 5. The van der Waals surface area contributed by atoms with Crippen molar-refractivity contribution < 1.29 is 4.79 Å². The fourth-order valence-corrected chi connectivity index (χ4v) is 2.14. The quantitative estimate of drug-likeness (QED) is 0.825. The number of hydrogen-bond acceptors (Lipinski definition) is 2. The number of ketones is 1. The van der Waals surface area contributed by atoms with Crippen molar-refractivity contribution in [1.82, 2.24) is 5.32 Å². The summed E-state index contributed by atoms with van der Waals surface area (Å²) >= 11 is 0. The third-order valence-electron chi connectivity index (χ3n) is 3.25. The summed E-state index contributed by atoms with van der Waals surface area (Å²) in [7, 11) is 0. The summed E-state index contributed by atoms with van der Waals surface area (Å²) in [6, 6.07) is 19.5. The van der Waals surface area contributed by atoms with Crippen molar-refractivity contribution in [3.8, 4) is 0 Å². The van der Waals surface area contributed by atoms with E-state index in [4.69, 9.17) is 0 Å². The summed E-state index contributed by atoms with van der Waals surface area (Å²) in [6.07, 6.45) is 0. The summed E-state index contributed by atoms with van der Waals surface area (Å²) < 4.78 is 0. The van der Waals surface area contributed by atoms with Crippen molar-refractivity contribution in [2.75, 3.05) is 0 Å². The van der Waals surface area contributed by atoms with E-state index < -0.39 is 0 Å². The van der Waals surface area contributed by atoms with Gasteiger partial charge in [0.05, 0.1) is 6.04 Å². The van der Waals surface area contributed by atoms with Crippen LogP contribution in [0.1, 0.15) is 35.8 Å². The molecular formula is C17H19NO. The van der Waals surface area contributed by atoms with Gasteiger partial charge in [-0.15, -0.1) is 0 Å². The van der Waals surface area contributed by atoms with Crippen molar-refractivity contribution >= 4 is 5.78 Å². The fraction of sp³-hybridized carbons (Fsp3) is 0.235. The highest BCUT2D eigenvalue weighted by atomic mass is 16.1. The van der Waals surface area contributed by atoms with Crippen LogP contribution in [0.15, 0.2) is 60.7 Å². The Bertz CT molecular complexity index is 521. The number of carbonyl (C=O) groups is 1. The van der Waals surface area contributed by atoms with Gasteiger partial charge in [-0.1, -0.05) is 60.7 Å². The number of Topliss-reactive ketones (excluding diaryl/α,β-unsaturated/α-hetero) is 1. The molecule has 0 radical (unpaired) electrons. The minimum Gasteiger partial charge on any atom is -0.301 e. The molecule has 0 fully saturated rings. The Hall–Kier alpha value is -1.93. The van der Waals surface area contributed by atoms with Gasteiger partial charge in [0.25, 0.3) is 0 Å². The van der Waals surface area contributed by atoms with Gasteiger partial charge in [-0.25, -0.2) is 0 Å². The van der Waals surface area contributed by atoms with E-state index in [1.54, 1.807) is 0 Å². The molecule has 0 bridgehead atoms. The van der Waals surface area contributed by atoms with Gasteiger partial charge >= 0.3 is 0 Å². The van der Waals surface area contributed by atoms with Crippen LogP contribution in [-0.4, -0.2) is 11.8 Å². The zero-order valence-corrected chi connectivity index (χ0v) is 11.3. The SMILES string of the molecule is C[C@H](N[C@H](C)c1ccccc1)C(=O)c1ccccc1. The first kappa shape index (κ1) is 13.5. The monoisotopic (exact) mass is 253 g/mol. The second-order valence-electron chi connectivity index (χ2n) is 4.75. The van der Waals surface area contributed by atoms with Gasteiger partial charge in [-0.3, -0.25) is 4.79 Å². The lowest BCUT2D eigenvalue weighted by Gasteiger charge is -2.19. The molecule has 2 rings (SSSR count). The molecule has 2 aromatic rings. The highest BCUT2D eigenvalue weighted by molar-refractivity contribution is 5.99. The molecule has 0 heterocycles. The molecule has 0 unspecified atom stereocenters. The summed E-state index contributed by atoms with van der Waals surface area (Å²) in [5.41, 5.74) is 1.94. The van der Waals surface area contributed by atoms with E-state index in [0.717, 1.165) is 5.56 Å². The standard InChI is InChI=1S/C17H19NO/c1-13(15-9-5-3-6-10-15)18-14(2)17(19)16-11-7-4-8-12-16/h3-14,18H,1-2H3/t13-,14+/m1/s1. The molecule has 0 spiro atoms. The zero-order chi connectivity index (χ0) is 13.7. The number of nitrogens with one attached hydrogen (secondary N) is 1. The lowest BCUT2D eigenvalue weighted by Crippen LogP contribution is -2.35. The third kappa shape index (κ3) is 3.52. The zero-order valence-electron chi connectivity index (χ0n) is 11.3. The molecule has 1 N–H and O–H groups in total. The van der Waals surface area contributed by atoms with Crippen LogP contribution in [0.4, 0.5) is 0 Å². The Morgan fingerprint density at radius 3 is 2.00 bits per heavy atom. The summed E-state index contributed by atoms with van der Waals surface area (Å²) in [5, 5.41) is 3.34.